The number of nitrogens with zero attached hydrogens (tertiary/aromatic N) is 4. The van der Waals surface area contributed by atoms with E-state index in [0.29, 0.717) is 30.5 Å². The van der Waals surface area contributed by atoms with E-state index < -0.39 is 4.92 Å². The van der Waals surface area contributed by atoms with Crippen LogP contribution in [0.3, 0.4) is 0 Å². The molecule has 0 atom stereocenters. The molecule has 0 bridgehead atoms. The summed E-state index contributed by atoms with van der Waals surface area (Å²) in [6, 6.07) is 8.30. The average Bonchev–Trinajstić information content (AvgIpc) is 2.68. The lowest BCUT2D eigenvalue weighted by molar-refractivity contribution is -0.385. The van der Waals surface area contributed by atoms with Gasteiger partial charge in [0, 0.05) is 32.4 Å². The second-order valence-electron chi connectivity index (χ2n) is 7.89. The number of nitrogen functional groups attached to an aromatic ring is 1. The van der Waals surface area contributed by atoms with Crippen LogP contribution in [0, 0.1) is 16.0 Å². The van der Waals surface area contributed by atoms with Gasteiger partial charge in [-0.3, -0.25) is 10.1 Å². The lowest BCUT2D eigenvalue weighted by Crippen LogP contribution is -2.27. The molecule has 1 aromatic heterocycles. The van der Waals surface area contributed by atoms with E-state index in [0.717, 1.165) is 36.9 Å². The molecule has 156 valence electrons. The number of aromatic nitrogens is 2. The predicted octanol–water partition coefficient (Wildman–Crippen LogP) is 2.71. The molecule has 1 aliphatic rings. The quantitative estimate of drug-likeness (QED) is 0.477. The maximum absolute atomic E-state index is 11.5. The number of nitrogens with one attached hydrogen (secondary N) is 1. The van der Waals surface area contributed by atoms with Crippen molar-refractivity contribution >= 4 is 23.1 Å². The van der Waals surface area contributed by atoms with Crippen molar-refractivity contribution in [2.24, 2.45) is 11.7 Å². The van der Waals surface area contributed by atoms with Crippen LogP contribution < -0.4 is 21.7 Å². The summed E-state index contributed by atoms with van der Waals surface area (Å²) in [5, 5.41) is 14.7. The van der Waals surface area contributed by atoms with Crippen LogP contribution in [0.25, 0.3) is 0 Å². The summed E-state index contributed by atoms with van der Waals surface area (Å²) in [6.07, 6.45) is 4.28. The van der Waals surface area contributed by atoms with Crippen molar-refractivity contribution in [3.05, 3.63) is 45.6 Å². The Morgan fingerprint density at radius 3 is 2.62 bits per heavy atom. The number of hydrogen-bond donors (Lipinski definition) is 3. The number of rotatable bonds is 7. The van der Waals surface area contributed by atoms with E-state index in [4.69, 9.17) is 11.5 Å². The van der Waals surface area contributed by atoms with Gasteiger partial charge in [-0.25, -0.2) is 4.98 Å². The van der Waals surface area contributed by atoms with Crippen molar-refractivity contribution in [2.45, 2.75) is 44.7 Å². The molecule has 0 unspecified atom stereocenters. The van der Waals surface area contributed by atoms with E-state index in [1.165, 1.54) is 0 Å². The number of anilines is 3. The van der Waals surface area contributed by atoms with Gasteiger partial charge in [-0.1, -0.05) is 12.1 Å². The first kappa shape index (κ1) is 20.8. The molecule has 3 rings (SSSR count). The summed E-state index contributed by atoms with van der Waals surface area (Å²) in [5.41, 5.74) is 14.3. The Labute approximate surface area is 170 Å². The third kappa shape index (κ3) is 5.32. The average molecular weight is 399 g/mol. The highest BCUT2D eigenvalue weighted by Gasteiger charge is 2.27. The summed E-state index contributed by atoms with van der Waals surface area (Å²) in [7, 11) is 3.97. The Balaban J connectivity index is 1.78. The fourth-order valence-corrected chi connectivity index (χ4v) is 3.73. The number of nitro groups is 1. The molecule has 9 nitrogen and oxygen atoms in total. The number of hydrogen-bond acceptors (Lipinski definition) is 8. The Hall–Kier alpha value is -2.94. The van der Waals surface area contributed by atoms with E-state index in [1.807, 2.05) is 37.2 Å². The minimum absolute atomic E-state index is 0.1000. The van der Waals surface area contributed by atoms with Gasteiger partial charge in [-0.05, 0) is 55.7 Å². The van der Waals surface area contributed by atoms with Crippen LogP contribution in [0.1, 0.15) is 36.9 Å². The molecule has 0 spiro atoms. The third-order valence-electron chi connectivity index (χ3n) is 5.42. The van der Waals surface area contributed by atoms with E-state index in [2.05, 4.69) is 21.4 Å². The minimum atomic E-state index is -0.483. The number of nitrogens with two attached hydrogens (primary N) is 2. The zero-order chi connectivity index (χ0) is 21.0. The zero-order valence-electron chi connectivity index (χ0n) is 17.0. The highest BCUT2D eigenvalue weighted by atomic mass is 16.6. The molecule has 1 heterocycles. The van der Waals surface area contributed by atoms with Crippen molar-refractivity contribution in [2.75, 3.05) is 30.0 Å². The standard InChI is InChI=1S/C20H29N7O2/c1-26(2)16-5-3-4-14(10-16)12-23-20-24-17(18(27(28)29)19(22)25-20)11-13-6-8-15(21)9-7-13/h3-5,10,13,15H,6-9,11-12,21H2,1-2H3,(H3,22,23,24,25)/t13-,15-. The van der Waals surface area contributed by atoms with E-state index in [1.54, 1.807) is 0 Å². The van der Waals surface area contributed by atoms with Crippen LogP contribution in [0.15, 0.2) is 24.3 Å². The van der Waals surface area contributed by atoms with Gasteiger partial charge in [0.15, 0.2) is 0 Å². The first-order chi connectivity index (χ1) is 13.8. The molecule has 5 N–H and O–H groups in total. The maximum atomic E-state index is 11.5. The summed E-state index contributed by atoms with van der Waals surface area (Å²) in [5.74, 6) is 0.537. The lowest BCUT2D eigenvalue weighted by Gasteiger charge is -2.25. The summed E-state index contributed by atoms with van der Waals surface area (Å²) >= 11 is 0. The first-order valence-corrected chi connectivity index (χ1v) is 9.90. The molecule has 2 aromatic rings. The van der Waals surface area contributed by atoms with Crippen molar-refractivity contribution in [3.63, 3.8) is 0 Å². The van der Waals surface area contributed by atoms with Gasteiger partial charge in [0.2, 0.25) is 11.8 Å². The summed E-state index contributed by atoms with van der Waals surface area (Å²) in [6.45, 7) is 0.497. The molecule has 29 heavy (non-hydrogen) atoms. The van der Waals surface area contributed by atoms with Gasteiger partial charge < -0.3 is 21.7 Å². The largest absolute Gasteiger partial charge is 0.378 e. The van der Waals surface area contributed by atoms with Crippen molar-refractivity contribution in [3.8, 4) is 0 Å². The second kappa shape index (κ2) is 9.04. The van der Waals surface area contributed by atoms with E-state index in [-0.39, 0.29) is 17.5 Å². The van der Waals surface area contributed by atoms with Gasteiger partial charge in [-0.15, -0.1) is 0 Å². The molecule has 1 aliphatic carbocycles. The lowest BCUT2D eigenvalue weighted by atomic mass is 9.83. The van der Waals surface area contributed by atoms with Crippen LogP contribution >= 0.6 is 0 Å². The molecule has 0 amide bonds. The van der Waals surface area contributed by atoms with Crippen LogP contribution in [0.2, 0.25) is 0 Å². The van der Waals surface area contributed by atoms with Crippen molar-refractivity contribution < 1.29 is 4.92 Å². The maximum Gasteiger partial charge on any atom is 0.332 e. The molecule has 1 aromatic carbocycles. The van der Waals surface area contributed by atoms with Gasteiger partial charge in [0.05, 0.1) is 4.92 Å². The van der Waals surface area contributed by atoms with Gasteiger partial charge in [0.25, 0.3) is 0 Å². The smallest absolute Gasteiger partial charge is 0.332 e. The summed E-state index contributed by atoms with van der Waals surface area (Å²) in [4.78, 5) is 21.6. The molecule has 0 aliphatic heterocycles. The van der Waals surface area contributed by atoms with Crippen molar-refractivity contribution in [1.82, 2.24) is 9.97 Å². The number of benzene rings is 1. The topological polar surface area (TPSA) is 136 Å². The molecule has 1 saturated carbocycles. The van der Waals surface area contributed by atoms with Crippen LogP contribution in [0.5, 0.6) is 0 Å². The monoisotopic (exact) mass is 399 g/mol. The Morgan fingerprint density at radius 2 is 1.97 bits per heavy atom. The van der Waals surface area contributed by atoms with Crippen LogP contribution in [-0.2, 0) is 13.0 Å². The molecular weight excluding hydrogens is 370 g/mol. The Morgan fingerprint density at radius 1 is 1.24 bits per heavy atom. The van der Waals surface area contributed by atoms with Gasteiger partial charge >= 0.3 is 5.69 Å². The van der Waals surface area contributed by atoms with Crippen LogP contribution in [0.4, 0.5) is 23.1 Å². The van der Waals surface area contributed by atoms with E-state index in [9.17, 15) is 10.1 Å². The van der Waals surface area contributed by atoms with Crippen LogP contribution in [-0.4, -0.2) is 35.0 Å². The Kier molecular flexibility index (Phi) is 6.48. The van der Waals surface area contributed by atoms with E-state index >= 15 is 0 Å². The SMILES string of the molecule is CN(C)c1cccc(CNc2nc(N)c([N+](=O)[O-])c(C[C@H]3CC[C@H](N)CC3)n2)c1. The van der Waals surface area contributed by atoms with Crippen molar-refractivity contribution in [1.29, 1.82) is 0 Å². The second-order valence-corrected chi connectivity index (χ2v) is 7.89. The predicted molar refractivity (Wildman–Crippen MR) is 115 cm³/mol. The van der Waals surface area contributed by atoms with Gasteiger partial charge in [0.1, 0.15) is 5.69 Å². The fourth-order valence-electron chi connectivity index (χ4n) is 3.73. The zero-order valence-corrected chi connectivity index (χ0v) is 17.0. The first-order valence-electron chi connectivity index (χ1n) is 9.90. The molecule has 1 fully saturated rings. The molecule has 0 radical (unpaired) electrons. The highest BCUT2D eigenvalue weighted by molar-refractivity contribution is 5.58. The minimum Gasteiger partial charge on any atom is -0.378 e. The fraction of sp³-hybridized carbons (Fsp3) is 0.500. The highest BCUT2D eigenvalue weighted by Crippen LogP contribution is 2.32. The van der Waals surface area contributed by atoms with Gasteiger partial charge in [-0.2, -0.15) is 4.98 Å². The molecular formula is C20H29N7O2. The third-order valence-corrected chi connectivity index (χ3v) is 5.42. The molecule has 0 saturated heterocycles. The molecule has 9 heteroatoms. The normalized spacial score (nSPS) is 19.0. The Bertz CT molecular complexity index is 864. The summed E-state index contributed by atoms with van der Waals surface area (Å²) < 4.78 is 0.